The second-order valence-electron chi connectivity index (χ2n) is 3.19. The van der Waals surface area contributed by atoms with Crippen molar-refractivity contribution in [3.63, 3.8) is 0 Å². The molecule has 1 aromatic rings. The molecular weight excluding hydrogens is 259 g/mol. The molecule has 5 heteroatoms. The molecule has 1 rings (SSSR count). The Morgan fingerprint density at radius 2 is 2.00 bits per heavy atom. The highest BCUT2D eigenvalue weighted by Crippen LogP contribution is 2.28. The van der Waals surface area contributed by atoms with E-state index in [1.165, 1.54) is 12.1 Å². The molecular formula is C10H13Cl3FN. The minimum absolute atomic E-state index is 0. The molecule has 2 N–H and O–H groups in total. The molecule has 0 saturated carbocycles. The highest BCUT2D eigenvalue weighted by Gasteiger charge is 2.13. The summed E-state index contributed by atoms with van der Waals surface area (Å²) in [6.07, 6.45) is 1.20. The molecule has 0 bridgehead atoms. The summed E-state index contributed by atoms with van der Waals surface area (Å²) in [6, 6.07) is 2.67. The minimum atomic E-state index is -0.344. The van der Waals surface area contributed by atoms with Gasteiger partial charge in [0.1, 0.15) is 5.82 Å². The smallest absolute Gasteiger partial charge is 0.128 e. The largest absolute Gasteiger partial charge is 0.327 e. The van der Waals surface area contributed by atoms with Crippen molar-refractivity contribution in [1.82, 2.24) is 0 Å². The third-order valence-corrected chi connectivity index (χ3v) is 2.97. The Kier molecular flexibility index (Phi) is 6.53. The Hall–Kier alpha value is -0.0200. The van der Waals surface area contributed by atoms with E-state index in [1.807, 2.05) is 6.92 Å². The molecule has 0 spiro atoms. The van der Waals surface area contributed by atoms with Crippen LogP contribution in [0.1, 0.15) is 18.9 Å². The summed E-state index contributed by atoms with van der Waals surface area (Å²) in [6.45, 7) is 1.95. The van der Waals surface area contributed by atoms with Crippen molar-refractivity contribution in [2.24, 2.45) is 5.73 Å². The Morgan fingerprint density at radius 1 is 1.40 bits per heavy atom. The van der Waals surface area contributed by atoms with Crippen molar-refractivity contribution < 1.29 is 4.39 Å². The summed E-state index contributed by atoms with van der Waals surface area (Å²) in [7, 11) is 0. The van der Waals surface area contributed by atoms with Crippen LogP contribution in [-0.2, 0) is 6.42 Å². The Bertz CT molecular complexity index is 331. The van der Waals surface area contributed by atoms with Crippen molar-refractivity contribution >= 4 is 35.6 Å². The molecule has 1 atom stereocenters. The van der Waals surface area contributed by atoms with Gasteiger partial charge in [-0.25, -0.2) is 4.39 Å². The molecule has 1 unspecified atom stereocenters. The Labute approximate surface area is 105 Å². The fourth-order valence-corrected chi connectivity index (χ4v) is 1.57. The van der Waals surface area contributed by atoms with Gasteiger partial charge < -0.3 is 5.73 Å². The van der Waals surface area contributed by atoms with Crippen LogP contribution in [0.4, 0.5) is 4.39 Å². The lowest BCUT2D eigenvalue weighted by atomic mass is 10.0. The zero-order chi connectivity index (χ0) is 10.7. The highest BCUT2D eigenvalue weighted by molar-refractivity contribution is 6.42. The van der Waals surface area contributed by atoms with Gasteiger partial charge >= 0.3 is 0 Å². The van der Waals surface area contributed by atoms with Crippen LogP contribution in [0, 0.1) is 5.82 Å². The maximum absolute atomic E-state index is 13.3. The second-order valence-corrected chi connectivity index (χ2v) is 3.98. The number of nitrogens with two attached hydrogens (primary N) is 1. The first kappa shape index (κ1) is 15.0. The highest BCUT2D eigenvalue weighted by atomic mass is 35.5. The van der Waals surface area contributed by atoms with E-state index in [0.29, 0.717) is 17.0 Å². The fourth-order valence-electron chi connectivity index (χ4n) is 1.16. The molecule has 86 valence electrons. The van der Waals surface area contributed by atoms with Gasteiger partial charge in [-0.3, -0.25) is 0 Å². The van der Waals surface area contributed by atoms with Gasteiger partial charge in [-0.1, -0.05) is 30.1 Å². The van der Waals surface area contributed by atoms with Crippen LogP contribution in [0.15, 0.2) is 12.1 Å². The van der Waals surface area contributed by atoms with Crippen molar-refractivity contribution in [1.29, 1.82) is 0 Å². The predicted octanol–water partition coefficient (Wildman–Crippen LogP) is 3.83. The lowest BCUT2D eigenvalue weighted by Gasteiger charge is -2.11. The fraction of sp³-hybridized carbons (Fsp3) is 0.400. The zero-order valence-corrected chi connectivity index (χ0v) is 10.6. The minimum Gasteiger partial charge on any atom is -0.327 e. The summed E-state index contributed by atoms with van der Waals surface area (Å²) >= 11 is 11.6. The molecule has 0 fully saturated rings. The lowest BCUT2D eigenvalue weighted by Crippen LogP contribution is -2.22. The maximum atomic E-state index is 13.3. The number of rotatable bonds is 3. The topological polar surface area (TPSA) is 26.0 Å². The average molecular weight is 273 g/mol. The molecule has 1 aromatic carbocycles. The average Bonchev–Trinajstić information content (AvgIpc) is 2.18. The quantitative estimate of drug-likeness (QED) is 0.832. The summed E-state index contributed by atoms with van der Waals surface area (Å²) in [5.74, 6) is -0.344. The molecule has 0 saturated heterocycles. The first-order valence-electron chi connectivity index (χ1n) is 4.44. The maximum Gasteiger partial charge on any atom is 0.128 e. The third-order valence-electron chi connectivity index (χ3n) is 2.13. The van der Waals surface area contributed by atoms with Gasteiger partial charge in [0.2, 0.25) is 0 Å². The van der Waals surface area contributed by atoms with Crippen LogP contribution in [0.25, 0.3) is 0 Å². The zero-order valence-electron chi connectivity index (χ0n) is 8.27. The molecule has 0 heterocycles. The first-order chi connectivity index (χ1) is 6.56. The van der Waals surface area contributed by atoms with Gasteiger partial charge in [0.05, 0.1) is 10.0 Å². The van der Waals surface area contributed by atoms with E-state index in [1.54, 1.807) is 0 Å². The SMILES string of the molecule is CCC(N)Cc1c(F)ccc(Cl)c1Cl.Cl. The number of hydrogen-bond donors (Lipinski definition) is 1. The van der Waals surface area contributed by atoms with E-state index >= 15 is 0 Å². The van der Waals surface area contributed by atoms with E-state index in [-0.39, 0.29) is 29.3 Å². The van der Waals surface area contributed by atoms with E-state index in [4.69, 9.17) is 28.9 Å². The second kappa shape index (κ2) is 6.54. The molecule has 1 nitrogen and oxygen atoms in total. The van der Waals surface area contributed by atoms with Crippen LogP contribution in [-0.4, -0.2) is 6.04 Å². The van der Waals surface area contributed by atoms with E-state index < -0.39 is 0 Å². The van der Waals surface area contributed by atoms with Crippen LogP contribution in [0.2, 0.25) is 10.0 Å². The molecule has 0 amide bonds. The molecule has 0 radical (unpaired) electrons. The van der Waals surface area contributed by atoms with Gasteiger partial charge in [-0.15, -0.1) is 12.4 Å². The van der Waals surface area contributed by atoms with Crippen LogP contribution < -0.4 is 5.73 Å². The standard InChI is InChI=1S/C10H12Cl2FN.ClH/c1-2-6(14)5-7-9(13)4-3-8(11)10(7)12;/h3-4,6H,2,5,14H2,1H3;1H. The molecule has 0 aromatic heterocycles. The van der Waals surface area contributed by atoms with E-state index in [9.17, 15) is 4.39 Å². The van der Waals surface area contributed by atoms with Crippen molar-refractivity contribution in [2.45, 2.75) is 25.8 Å². The Balaban J connectivity index is 0.00000196. The summed E-state index contributed by atoms with van der Waals surface area (Å²) in [4.78, 5) is 0. The normalized spacial score (nSPS) is 12.1. The third kappa shape index (κ3) is 3.80. The van der Waals surface area contributed by atoms with Crippen molar-refractivity contribution in [3.05, 3.63) is 33.6 Å². The first-order valence-corrected chi connectivity index (χ1v) is 5.19. The van der Waals surface area contributed by atoms with Gasteiger partial charge in [-0.2, -0.15) is 0 Å². The van der Waals surface area contributed by atoms with Crippen molar-refractivity contribution in [2.75, 3.05) is 0 Å². The molecule has 15 heavy (non-hydrogen) atoms. The molecule has 0 aliphatic carbocycles. The van der Waals surface area contributed by atoms with E-state index in [2.05, 4.69) is 0 Å². The van der Waals surface area contributed by atoms with Gasteiger partial charge in [0.25, 0.3) is 0 Å². The van der Waals surface area contributed by atoms with Gasteiger partial charge in [-0.05, 0) is 25.0 Å². The van der Waals surface area contributed by atoms with Crippen molar-refractivity contribution in [3.8, 4) is 0 Å². The number of benzene rings is 1. The van der Waals surface area contributed by atoms with E-state index in [0.717, 1.165) is 6.42 Å². The van der Waals surface area contributed by atoms with Crippen LogP contribution in [0.3, 0.4) is 0 Å². The molecule has 0 aliphatic heterocycles. The van der Waals surface area contributed by atoms with Gasteiger partial charge in [0.15, 0.2) is 0 Å². The van der Waals surface area contributed by atoms with Crippen LogP contribution in [0.5, 0.6) is 0 Å². The van der Waals surface area contributed by atoms with Gasteiger partial charge in [0, 0.05) is 11.6 Å². The molecule has 0 aliphatic rings. The number of halogens is 4. The lowest BCUT2D eigenvalue weighted by molar-refractivity contribution is 0.579. The Morgan fingerprint density at radius 3 is 2.53 bits per heavy atom. The summed E-state index contributed by atoms with van der Waals surface area (Å²) in [5, 5.41) is 0.641. The summed E-state index contributed by atoms with van der Waals surface area (Å²) in [5.41, 5.74) is 6.14. The monoisotopic (exact) mass is 271 g/mol. The predicted molar refractivity (Wildman–Crippen MR) is 65.6 cm³/mol. The summed E-state index contributed by atoms with van der Waals surface area (Å²) < 4.78 is 13.3. The van der Waals surface area contributed by atoms with Crippen LogP contribution >= 0.6 is 35.6 Å². The number of hydrogen-bond acceptors (Lipinski definition) is 1.